The highest BCUT2D eigenvalue weighted by atomic mass is 32.1. The van der Waals surface area contributed by atoms with Gasteiger partial charge in [0.1, 0.15) is 6.61 Å². The van der Waals surface area contributed by atoms with Crippen molar-refractivity contribution in [3.8, 4) is 0 Å². The van der Waals surface area contributed by atoms with E-state index >= 15 is 0 Å². The molecule has 1 atom stereocenters. The second kappa shape index (κ2) is 6.28. The quantitative estimate of drug-likeness (QED) is 0.855. The Balaban J connectivity index is 1.59. The van der Waals surface area contributed by atoms with Crippen molar-refractivity contribution in [1.82, 2.24) is 4.90 Å². The van der Waals surface area contributed by atoms with Crippen molar-refractivity contribution in [2.45, 2.75) is 18.9 Å². The molecule has 2 amide bonds. The van der Waals surface area contributed by atoms with E-state index in [-0.39, 0.29) is 18.0 Å². The first-order valence-corrected chi connectivity index (χ1v) is 9.01. The van der Waals surface area contributed by atoms with E-state index in [0.717, 1.165) is 25.1 Å². The Bertz CT molecular complexity index is 759. The zero-order chi connectivity index (χ0) is 16.5. The summed E-state index contributed by atoms with van der Waals surface area (Å²) in [7, 11) is 0. The number of ether oxygens (including phenoxy) is 1. The molecule has 5 nitrogen and oxygen atoms in total. The topological polar surface area (TPSA) is 49.9 Å². The Morgan fingerprint density at radius 1 is 1.21 bits per heavy atom. The molecule has 1 aromatic carbocycles. The number of rotatable bonds is 3. The molecule has 2 saturated heterocycles. The minimum absolute atomic E-state index is 0.0281. The highest BCUT2D eigenvalue weighted by Gasteiger charge is 2.32. The van der Waals surface area contributed by atoms with E-state index in [1.54, 1.807) is 22.3 Å². The molecular formula is C18H18N2O3S. The van der Waals surface area contributed by atoms with Crippen LogP contribution in [-0.2, 0) is 4.74 Å². The van der Waals surface area contributed by atoms with Gasteiger partial charge in [-0.3, -0.25) is 9.69 Å². The van der Waals surface area contributed by atoms with Crippen LogP contribution in [0.5, 0.6) is 0 Å². The molecule has 2 aromatic rings. The Morgan fingerprint density at radius 3 is 2.88 bits per heavy atom. The average Bonchev–Trinajstić information content (AvgIpc) is 3.34. The van der Waals surface area contributed by atoms with Crippen LogP contribution in [0.25, 0.3) is 0 Å². The fraction of sp³-hybridized carbons (Fsp3) is 0.333. The number of thiophene rings is 1. The Labute approximate surface area is 144 Å². The van der Waals surface area contributed by atoms with Crippen LogP contribution >= 0.6 is 11.3 Å². The summed E-state index contributed by atoms with van der Waals surface area (Å²) < 4.78 is 4.98. The second-order valence-corrected chi connectivity index (χ2v) is 6.97. The van der Waals surface area contributed by atoms with E-state index < -0.39 is 0 Å². The van der Waals surface area contributed by atoms with Crippen molar-refractivity contribution in [2.75, 3.05) is 24.6 Å². The average molecular weight is 342 g/mol. The maximum absolute atomic E-state index is 13.0. The lowest BCUT2D eigenvalue weighted by Crippen LogP contribution is -2.30. The van der Waals surface area contributed by atoms with E-state index in [2.05, 4.69) is 11.4 Å². The molecule has 0 bridgehead atoms. The van der Waals surface area contributed by atoms with Gasteiger partial charge in [0.05, 0.1) is 12.6 Å². The fourth-order valence-corrected chi connectivity index (χ4v) is 4.26. The monoisotopic (exact) mass is 342 g/mol. The van der Waals surface area contributed by atoms with Crippen LogP contribution in [0, 0.1) is 0 Å². The predicted molar refractivity (Wildman–Crippen MR) is 92.5 cm³/mol. The van der Waals surface area contributed by atoms with Crippen LogP contribution in [0.1, 0.15) is 34.1 Å². The van der Waals surface area contributed by atoms with Crippen LogP contribution in [-0.4, -0.2) is 36.6 Å². The first kappa shape index (κ1) is 15.2. The number of carbonyl (C=O) groups excluding carboxylic acids is 2. The molecule has 1 aromatic heterocycles. The molecule has 3 heterocycles. The third-order valence-electron chi connectivity index (χ3n) is 4.55. The molecule has 6 heteroatoms. The SMILES string of the molecule is O=C1OCCN1c1cccc(C(=O)N2CCC[C@@H]2c2cccs2)c1. The minimum atomic E-state index is -0.350. The number of carbonyl (C=O) groups is 2. The van der Waals surface area contributed by atoms with E-state index in [0.29, 0.717) is 18.7 Å². The van der Waals surface area contributed by atoms with Gasteiger partial charge in [0.15, 0.2) is 0 Å². The van der Waals surface area contributed by atoms with E-state index in [4.69, 9.17) is 4.74 Å². The van der Waals surface area contributed by atoms with Gasteiger partial charge in [-0.15, -0.1) is 11.3 Å². The number of benzene rings is 1. The number of cyclic esters (lactones) is 1. The van der Waals surface area contributed by atoms with E-state index in [1.165, 1.54) is 4.88 Å². The third kappa shape index (κ3) is 2.67. The molecule has 2 fully saturated rings. The van der Waals surface area contributed by atoms with E-state index in [1.807, 2.05) is 29.2 Å². The first-order chi connectivity index (χ1) is 11.7. The molecule has 4 rings (SSSR count). The summed E-state index contributed by atoms with van der Waals surface area (Å²) in [5, 5.41) is 2.05. The number of hydrogen-bond donors (Lipinski definition) is 0. The van der Waals surface area contributed by atoms with Crippen molar-refractivity contribution in [3.05, 3.63) is 52.2 Å². The van der Waals surface area contributed by atoms with Gasteiger partial charge in [0.25, 0.3) is 5.91 Å². The normalized spacial score (nSPS) is 20.5. The fourth-order valence-electron chi connectivity index (χ4n) is 3.39. The zero-order valence-electron chi connectivity index (χ0n) is 13.2. The van der Waals surface area contributed by atoms with Crippen molar-refractivity contribution >= 4 is 29.0 Å². The maximum atomic E-state index is 13.0. The van der Waals surface area contributed by atoms with Gasteiger partial charge in [-0.1, -0.05) is 12.1 Å². The Morgan fingerprint density at radius 2 is 2.12 bits per heavy atom. The molecule has 24 heavy (non-hydrogen) atoms. The lowest BCUT2D eigenvalue weighted by atomic mass is 10.1. The highest BCUT2D eigenvalue weighted by molar-refractivity contribution is 7.10. The summed E-state index contributed by atoms with van der Waals surface area (Å²) in [6.07, 6.45) is 1.67. The van der Waals surface area contributed by atoms with Crippen LogP contribution in [0.15, 0.2) is 41.8 Å². The van der Waals surface area contributed by atoms with Gasteiger partial charge in [-0.2, -0.15) is 0 Å². The van der Waals surface area contributed by atoms with Crippen LogP contribution in [0.3, 0.4) is 0 Å². The summed E-state index contributed by atoms with van der Waals surface area (Å²) in [4.78, 5) is 29.5. The summed E-state index contributed by atoms with van der Waals surface area (Å²) in [5.41, 5.74) is 1.34. The van der Waals surface area contributed by atoms with Gasteiger partial charge < -0.3 is 9.64 Å². The summed E-state index contributed by atoms with van der Waals surface area (Å²) in [6, 6.07) is 11.6. The number of likely N-dealkylation sites (tertiary alicyclic amines) is 1. The predicted octanol–water partition coefficient (Wildman–Crippen LogP) is 3.68. The van der Waals surface area contributed by atoms with Crippen LogP contribution in [0.4, 0.5) is 10.5 Å². The molecule has 0 radical (unpaired) electrons. The molecule has 0 N–H and O–H groups in total. The zero-order valence-corrected chi connectivity index (χ0v) is 14.0. The van der Waals surface area contributed by atoms with Crippen molar-refractivity contribution < 1.29 is 14.3 Å². The standard InChI is InChI=1S/C18H18N2O3S/c21-17(20-8-2-6-15(20)16-7-3-11-24-16)13-4-1-5-14(12-13)19-9-10-23-18(19)22/h1,3-5,7,11-12,15H,2,6,8-10H2/t15-/m1/s1. The third-order valence-corrected chi connectivity index (χ3v) is 5.52. The number of nitrogens with zero attached hydrogens (tertiary/aromatic N) is 2. The van der Waals surface area contributed by atoms with Gasteiger partial charge in [0, 0.05) is 22.7 Å². The second-order valence-electron chi connectivity index (χ2n) is 5.99. The van der Waals surface area contributed by atoms with Crippen molar-refractivity contribution in [1.29, 1.82) is 0 Å². The molecule has 0 unspecified atom stereocenters. The highest BCUT2D eigenvalue weighted by Crippen LogP contribution is 2.35. The molecule has 0 aliphatic carbocycles. The lowest BCUT2D eigenvalue weighted by Gasteiger charge is -2.24. The smallest absolute Gasteiger partial charge is 0.414 e. The van der Waals surface area contributed by atoms with Crippen LogP contribution < -0.4 is 4.90 Å². The Hall–Kier alpha value is -2.34. The summed E-state index contributed by atoms with van der Waals surface area (Å²) >= 11 is 1.70. The van der Waals surface area contributed by atoms with Crippen LogP contribution in [0.2, 0.25) is 0 Å². The van der Waals surface area contributed by atoms with Gasteiger partial charge in [-0.05, 0) is 42.5 Å². The number of hydrogen-bond acceptors (Lipinski definition) is 4. The largest absolute Gasteiger partial charge is 0.447 e. The van der Waals surface area contributed by atoms with Crippen molar-refractivity contribution in [2.24, 2.45) is 0 Å². The van der Waals surface area contributed by atoms with Gasteiger partial charge in [0.2, 0.25) is 0 Å². The maximum Gasteiger partial charge on any atom is 0.414 e. The Kier molecular flexibility index (Phi) is 3.98. The molecule has 0 spiro atoms. The number of anilines is 1. The van der Waals surface area contributed by atoms with Gasteiger partial charge in [-0.25, -0.2) is 4.79 Å². The molecule has 2 aliphatic heterocycles. The minimum Gasteiger partial charge on any atom is -0.447 e. The van der Waals surface area contributed by atoms with Crippen molar-refractivity contribution in [3.63, 3.8) is 0 Å². The molecular weight excluding hydrogens is 324 g/mol. The number of amides is 2. The molecule has 124 valence electrons. The summed E-state index contributed by atoms with van der Waals surface area (Å²) in [6.45, 7) is 1.69. The van der Waals surface area contributed by atoms with Gasteiger partial charge >= 0.3 is 6.09 Å². The van der Waals surface area contributed by atoms with E-state index in [9.17, 15) is 9.59 Å². The first-order valence-electron chi connectivity index (χ1n) is 8.13. The summed E-state index contributed by atoms with van der Waals surface area (Å²) in [5.74, 6) is 0.0281. The lowest BCUT2D eigenvalue weighted by molar-refractivity contribution is 0.0738. The molecule has 2 aliphatic rings. The molecule has 0 saturated carbocycles.